The summed E-state index contributed by atoms with van der Waals surface area (Å²) >= 11 is 5.70. The molecule has 0 aliphatic heterocycles. The molecule has 0 amide bonds. The molecule has 78 valence electrons. The van der Waals surface area contributed by atoms with Gasteiger partial charge in [-0.25, -0.2) is 0 Å². The standard InChI is InChI=1S/C9H12ClNO3/c10-5-1-2-7(11)6(3-5)9(14)8(13)4-12/h1-3,8-9,12-14H,4,11H2. The molecular weight excluding hydrogens is 206 g/mol. The fraction of sp³-hybridized carbons (Fsp3) is 0.333. The van der Waals surface area contributed by atoms with Crippen LogP contribution in [0.25, 0.3) is 0 Å². The summed E-state index contributed by atoms with van der Waals surface area (Å²) in [7, 11) is 0. The van der Waals surface area contributed by atoms with Gasteiger partial charge in [-0.15, -0.1) is 0 Å². The number of anilines is 1. The number of halogens is 1. The molecule has 4 nitrogen and oxygen atoms in total. The summed E-state index contributed by atoms with van der Waals surface area (Å²) in [5.74, 6) is 0. The van der Waals surface area contributed by atoms with Gasteiger partial charge in [-0.05, 0) is 18.2 Å². The fourth-order valence-corrected chi connectivity index (χ4v) is 1.29. The van der Waals surface area contributed by atoms with Gasteiger partial charge >= 0.3 is 0 Å². The summed E-state index contributed by atoms with van der Waals surface area (Å²) in [6.07, 6.45) is -2.48. The zero-order valence-electron chi connectivity index (χ0n) is 7.39. The topological polar surface area (TPSA) is 86.7 Å². The Morgan fingerprint density at radius 3 is 2.57 bits per heavy atom. The van der Waals surface area contributed by atoms with Crippen LogP contribution in [-0.2, 0) is 0 Å². The molecule has 0 fully saturated rings. The maximum absolute atomic E-state index is 9.55. The first kappa shape index (κ1) is 11.3. The fourth-order valence-electron chi connectivity index (χ4n) is 1.11. The van der Waals surface area contributed by atoms with Gasteiger partial charge in [0.2, 0.25) is 0 Å². The highest BCUT2D eigenvalue weighted by molar-refractivity contribution is 6.30. The van der Waals surface area contributed by atoms with E-state index >= 15 is 0 Å². The molecule has 2 unspecified atom stereocenters. The van der Waals surface area contributed by atoms with Crippen LogP contribution >= 0.6 is 11.6 Å². The van der Waals surface area contributed by atoms with Crippen LogP contribution in [0.3, 0.4) is 0 Å². The molecule has 5 N–H and O–H groups in total. The zero-order valence-corrected chi connectivity index (χ0v) is 8.15. The highest BCUT2D eigenvalue weighted by atomic mass is 35.5. The molecule has 1 aromatic carbocycles. The predicted octanol–water partition coefficient (Wildman–Crippen LogP) is 0.309. The summed E-state index contributed by atoms with van der Waals surface area (Å²) in [4.78, 5) is 0. The number of aliphatic hydroxyl groups excluding tert-OH is 3. The van der Waals surface area contributed by atoms with Gasteiger partial charge in [-0.3, -0.25) is 0 Å². The maximum Gasteiger partial charge on any atom is 0.109 e. The summed E-state index contributed by atoms with van der Waals surface area (Å²) < 4.78 is 0. The second-order valence-corrected chi connectivity index (χ2v) is 3.40. The van der Waals surface area contributed by atoms with E-state index in [1.165, 1.54) is 12.1 Å². The summed E-state index contributed by atoms with van der Waals surface area (Å²) in [5.41, 5.74) is 6.22. The monoisotopic (exact) mass is 217 g/mol. The van der Waals surface area contributed by atoms with Crippen molar-refractivity contribution in [2.45, 2.75) is 12.2 Å². The molecule has 0 aliphatic rings. The molecule has 0 bridgehead atoms. The molecule has 0 spiro atoms. The van der Waals surface area contributed by atoms with Crippen LogP contribution in [0.4, 0.5) is 5.69 Å². The molecule has 0 saturated carbocycles. The minimum absolute atomic E-state index is 0.319. The normalized spacial score (nSPS) is 15.1. The van der Waals surface area contributed by atoms with Crippen molar-refractivity contribution in [2.24, 2.45) is 0 Å². The molecule has 1 rings (SSSR count). The van der Waals surface area contributed by atoms with E-state index in [-0.39, 0.29) is 0 Å². The minimum Gasteiger partial charge on any atom is -0.398 e. The number of benzene rings is 1. The largest absolute Gasteiger partial charge is 0.398 e. The molecule has 14 heavy (non-hydrogen) atoms. The van der Waals surface area contributed by atoms with Crippen molar-refractivity contribution in [3.05, 3.63) is 28.8 Å². The van der Waals surface area contributed by atoms with Crippen LogP contribution in [0.15, 0.2) is 18.2 Å². The molecule has 2 atom stereocenters. The van der Waals surface area contributed by atoms with E-state index in [1.807, 2.05) is 0 Å². The summed E-state index contributed by atoms with van der Waals surface area (Å²) in [5, 5.41) is 27.8. The van der Waals surface area contributed by atoms with E-state index in [0.717, 1.165) is 0 Å². The maximum atomic E-state index is 9.55. The van der Waals surface area contributed by atoms with Crippen LogP contribution < -0.4 is 5.73 Å². The summed E-state index contributed by atoms with van der Waals surface area (Å²) in [6.45, 7) is -0.535. The van der Waals surface area contributed by atoms with Gasteiger partial charge in [0, 0.05) is 16.3 Å². The quantitative estimate of drug-likeness (QED) is 0.549. The molecule has 0 aliphatic carbocycles. The van der Waals surface area contributed by atoms with Crippen LogP contribution in [0.2, 0.25) is 5.02 Å². The number of aliphatic hydroxyl groups is 3. The predicted molar refractivity (Wildman–Crippen MR) is 53.9 cm³/mol. The van der Waals surface area contributed by atoms with Crippen LogP contribution in [0.5, 0.6) is 0 Å². The first-order chi connectivity index (χ1) is 6.56. The third-order valence-electron chi connectivity index (χ3n) is 1.92. The Balaban J connectivity index is 2.99. The van der Waals surface area contributed by atoms with Crippen molar-refractivity contribution < 1.29 is 15.3 Å². The van der Waals surface area contributed by atoms with Crippen LogP contribution in [0, 0.1) is 0 Å². The molecule has 1 aromatic rings. The van der Waals surface area contributed by atoms with E-state index in [0.29, 0.717) is 16.3 Å². The van der Waals surface area contributed by atoms with E-state index in [4.69, 9.17) is 22.4 Å². The van der Waals surface area contributed by atoms with Crippen molar-refractivity contribution in [2.75, 3.05) is 12.3 Å². The van der Waals surface area contributed by atoms with E-state index in [9.17, 15) is 10.2 Å². The van der Waals surface area contributed by atoms with Gasteiger partial charge in [0.1, 0.15) is 12.2 Å². The number of hydrogen-bond donors (Lipinski definition) is 4. The smallest absolute Gasteiger partial charge is 0.109 e. The lowest BCUT2D eigenvalue weighted by atomic mass is 10.0. The van der Waals surface area contributed by atoms with Gasteiger partial charge in [-0.2, -0.15) is 0 Å². The Morgan fingerprint density at radius 2 is 2.00 bits per heavy atom. The van der Waals surface area contributed by atoms with Crippen molar-refractivity contribution in [1.82, 2.24) is 0 Å². The number of nitrogen functional groups attached to an aromatic ring is 1. The van der Waals surface area contributed by atoms with Crippen LogP contribution in [-0.4, -0.2) is 28.0 Å². The molecule has 0 heterocycles. The lowest BCUT2D eigenvalue weighted by molar-refractivity contribution is -0.0149. The van der Waals surface area contributed by atoms with Crippen molar-refractivity contribution in [3.8, 4) is 0 Å². The second-order valence-electron chi connectivity index (χ2n) is 2.97. The average Bonchev–Trinajstić information content (AvgIpc) is 2.19. The van der Waals surface area contributed by atoms with Gasteiger partial charge in [0.15, 0.2) is 0 Å². The third kappa shape index (κ3) is 2.36. The molecule has 0 saturated heterocycles. The van der Waals surface area contributed by atoms with Crippen LogP contribution in [0.1, 0.15) is 11.7 Å². The molecule has 0 aromatic heterocycles. The highest BCUT2D eigenvalue weighted by Crippen LogP contribution is 2.26. The number of rotatable bonds is 3. The SMILES string of the molecule is Nc1ccc(Cl)cc1C(O)C(O)CO. The Bertz CT molecular complexity index is 319. The van der Waals surface area contributed by atoms with Gasteiger partial charge in [0.05, 0.1) is 6.61 Å². The Kier molecular flexibility index (Phi) is 3.71. The van der Waals surface area contributed by atoms with Crippen molar-refractivity contribution in [3.63, 3.8) is 0 Å². The Morgan fingerprint density at radius 1 is 1.36 bits per heavy atom. The average molecular weight is 218 g/mol. The highest BCUT2D eigenvalue weighted by Gasteiger charge is 2.19. The minimum atomic E-state index is -1.25. The van der Waals surface area contributed by atoms with E-state index in [2.05, 4.69) is 0 Å². The molecule has 0 radical (unpaired) electrons. The number of nitrogens with two attached hydrogens (primary N) is 1. The first-order valence-corrected chi connectivity index (χ1v) is 4.46. The first-order valence-electron chi connectivity index (χ1n) is 4.08. The Hall–Kier alpha value is -0.810. The van der Waals surface area contributed by atoms with Gasteiger partial charge in [0.25, 0.3) is 0 Å². The van der Waals surface area contributed by atoms with E-state index in [1.54, 1.807) is 6.07 Å². The van der Waals surface area contributed by atoms with E-state index < -0.39 is 18.8 Å². The second kappa shape index (κ2) is 4.61. The molecular formula is C9H12ClNO3. The number of hydrogen-bond acceptors (Lipinski definition) is 4. The Labute approximate surface area is 86.6 Å². The van der Waals surface area contributed by atoms with Gasteiger partial charge in [-0.1, -0.05) is 11.6 Å². The lowest BCUT2D eigenvalue weighted by Gasteiger charge is -2.17. The molecule has 5 heteroatoms. The lowest BCUT2D eigenvalue weighted by Crippen LogP contribution is -2.22. The van der Waals surface area contributed by atoms with Gasteiger partial charge < -0.3 is 21.1 Å². The zero-order chi connectivity index (χ0) is 10.7. The summed E-state index contributed by atoms with van der Waals surface area (Å²) in [6, 6.07) is 4.57. The third-order valence-corrected chi connectivity index (χ3v) is 2.15. The van der Waals surface area contributed by atoms with Crippen molar-refractivity contribution in [1.29, 1.82) is 0 Å². The van der Waals surface area contributed by atoms with Crippen molar-refractivity contribution >= 4 is 17.3 Å².